The lowest BCUT2D eigenvalue weighted by atomic mass is 10.1. The molecular weight excluding hydrogens is 386 g/mol. The van der Waals surface area contributed by atoms with Gasteiger partial charge in [0.1, 0.15) is 5.69 Å². The van der Waals surface area contributed by atoms with Gasteiger partial charge in [0.25, 0.3) is 5.91 Å². The van der Waals surface area contributed by atoms with Crippen molar-refractivity contribution in [2.75, 3.05) is 18.0 Å². The summed E-state index contributed by atoms with van der Waals surface area (Å²) in [6, 6.07) is 3.78. The predicted molar refractivity (Wildman–Crippen MR) is 113 cm³/mol. The predicted octanol–water partition coefficient (Wildman–Crippen LogP) is 3.07. The summed E-state index contributed by atoms with van der Waals surface area (Å²) in [5.74, 6) is 0.846. The van der Waals surface area contributed by atoms with E-state index in [1.54, 1.807) is 17.5 Å². The number of aromatic nitrogens is 5. The minimum absolute atomic E-state index is 0.0429. The van der Waals surface area contributed by atoms with E-state index in [9.17, 15) is 4.79 Å². The van der Waals surface area contributed by atoms with Crippen LogP contribution in [-0.2, 0) is 0 Å². The number of hydrogen-bond acceptors (Lipinski definition) is 7. The van der Waals surface area contributed by atoms with E-state index in [1.165, 1.54) is 0 Å². The summed E-state index contributed by atoms with van der Waals surface area (Å²) in [5, 5.41) is 11.2. The molecule has 1 aliphatic heterocycles. The molecule has 1 amide bonds. The monoisotopic (exact) mass is 411 g/mol. The maximum atomic E-state index is 12.5. The second kappa shape index (κ2) is 7.90. The Morgan fingerprint density at radius 3 is 2.86 bits per heavy atom. The van der Waals surface area contributed by atoms with E-state index in [0.29, 0.717) is 24.1 Å². The third kappa shape index (κ3) is 4.14. The van der Waals surface area contributed by atoms with Crippen LogP contribution >= 0.6 is 11.3 Å². The van der Waals surface area contributed by atoms with Gasteiger partial charge in [-0.1, -0.05) is 13.8 Å². The number of carbonyl (C=O) groups is 1. The van der Waals surface area contributed by atoms with Crippen LogP contribution in [0.15, 0.2) is 18.3 Å². The largest absolute Gasteiger partial charge is 0.346 e. The first-order chi connectivity index (χ1) is 13.9. The number of aromatic amines is 1. The normalized spacial score (nSPS) is 16.6. The van der Waals surface area contributed by atoms with E-state index < -0.39 is 0 Å². The number of amides is 1. The number of nitrogens with zero attached hydrogens (tertiary/aromatic N) is 5. The molecule has 152 valence electrons. The van der Waals surface area contributed by atoms with Gasteiger partial charge in [0.15, 0.2) is 0 Å². The molecule has 1 atom stereocenters. The zero-order valence-corrected chi connectivity index (χ0v) is 17.9. The van der Waals surface area contributed by atoms with Gasteiger partial charge in [-0.25, -0.2) is 15.0 Å². The number of H-pyrrole nitrogens is 1. The van der Waals surface area contributed by atoms with Crippen molar-refractivity contribution in [2.45, 2.75) is 46.1 Å². The van der Waals surface area contributed by atoms with Crippen molar-refractivity contribution in [3.8, 4) is 10.6 Å². The second-order valence-corrected chi connectivity index (χ2v) is 8.86. The van der Waals surface area contributed by atoms with Crippen LogP contribution in [0.5, 0.6) is 0 Å². The zero-order valence-electron chi connectivity index (χ0n) is 17.1. The number of nitrogens with one attached hydrogen (secondary N) is 2. The molecule has 8 nitrogen and oxygen atoms in total. The van der Waals surface area contributed by atoms with Gasteiger partial charge in [0.2, 0.25) is 5.95 Å². The van der Waals surface area contributed by atoms with Crippen molar-refractivity contribution in [3.05, 3.63) is 40.4 Å². The van der Waals surface area contributed by atoms with E-state index in [4.69, 9.17) is 4.98 Å². The van der Waals surface area contributed by atoms with Crippen molar-refractivity contribution < 1.29 is 4.79 Å². The molecule has 0 spiro atoms. The molecule has 29 heavy (non-hydrogen) atoms. The van der Waals surface area contributed by atoms with Gasteiger partial charge in [0.05, 0.1) is 21.3 Å². The second-order valence-electron chi connectivity index (χ2n) is 7.66. The lowest BCUT2D eigenvalue weighted by Gasteiger charge is -2.17. The highest BCUT2D eigenvalue weighted by molar-refractivity contribution is 7.15. The highest BCUT2D eigenvalue weighted by Gasteiger charge is 2.27. The van der Waals surface area contributed by atoms with E-state index in [-0.39, 0.29) is 11.9 Å². The molecule has 2 N–H and O–H groups in total. The van der Waals surface area contributed by atoms with Crippen molar-refractivity contribution >= 4 is 23.2 Å². The average Bonchev–Trinajstić information content (AvgIpc) is 3.41. The number of aryl methyl sites for hydroxylation is 2. The Balaban J connectivity index is 1.42. The summed E-state index contributed by atoms with van der Waals surface area (Å²) in [5.41, 5.74) is 3.27. The van der Waals surface area contributed by atoms with Crippen LogP contribution in [0.2, 0.25) is 0 Å². The molecule has 3 aromatic heterocycles. The fraction of sp³-hybridized carbons (Fsp3) is 0.450. The number of anilines is 1. The number of rotatable bonds is 5. The minimum Gasteiger partial charge on any atom is -0.346 e. The van der Waals surface area contributed by atoms with Crippen LogP contribution in [0.4, 0.5) is 5.95 Å². The summed E-state index contributed by atoms with van der Waals surface area (Å²) in [7, 11) is 0. The first-order valence-electron chi connectivity index (χ1n) is 9.79. The van der Waals surface area contributed by atoms with Crippen LogP contribution < -0.4 is 10.2 Å². The summed E-state index contributed by atoms with van der Waals surface area (Å²) in [4.78, 5) is 29.4. The fourth-order valence-corrected chi connectivity index (χ4v) is 4.35. The molecule has 4 heterocycles. The molecule has 4 rings (SSSR count). The van der Waals surface area contributed by atoms with Crippen LogP contribution in [-0.4, -0.2) is 50.2 Å². The van der Waals surface area contributed by atoms with Gasteiger partial charge in [-0.2, -0.15) is 5.10 Å². The highest BCUT2D eigenvalue weighted by Crippen LogP contribution is 2.29. The van der Waals surface area contributed by atoms with Crippen molar-refractivity contribution in [3.63, 3.8) is 0 Å². The quantitative estimate of drug-likeness (QED) is 0.669. The van der Waals surface area contributed by atoms with Crippen molar-refractivity contribution in [1.82, 2.24) is 30.5 Å². The highest BCUT2D eigenvalue weighted by atomic mass is 32.1. The number of thiazole rings is 1. The minimum atomic E-state index is -0.148. The van der Waals surface area contributed by atoms with E-state index in [0.717, 1.165) is 39.9 Å². The topological polar surface area (TPSA) is 99.7 Å². The zero-order chi connectivity index (χ0) is 20.5. The van der Waals surface area contributed by atoms with Crippen LogP contribution in [0, 0.1) is 13.8 Å². The Morgan fingerprint density at radius 2 is 2.17 bits per heavy atom. The summed E-state index contributed by atoms with van der Waals surface area (Å²) in [6.45, 7) is 9.60. The molecule has 0 aliphatic carbocycles. The van der Waals surface area contributed by atoms with Gasteiger partial charge in [-0.05, 0) is 38.3 Å². The Hall–Kier alpha value is -2.81. The molecule has 0 bridgehead atoms. The first-order valence-corrected chi connectivity index (χ1v) is 10.6. The standard InChI is InChI=1S/C20H25N7OS/c1-11(2)16-9-17(26-25-16)19(28)23-14-6-8-27(10-14)20-21-7-5-15(24-20)18-12(3)22-13(4)29-18/h5,7,9,11,14H,6,8,10H2,1-4H3,(H,23,28)(H,25,26). The Bertz CT molecular complexity index is 1030. The molecule has 1 aliphatic rings. The molecule has 9 heteroatoms. The third-order valence-corrected chi connectivity index (χ3v) is 6.13. The van der Waals surface area contributed by atoms with Gasteiger partial charge < -0.3 is 10.2 Å². The molecule has 3 aromatic rings. The van der Waals surface area contributed by atoms with Gasteiger partial charge in [0, 0.05) is 31.0 Å². The molecule has 0 radical (unpaired) electrons. The van der Waals surface area contributed by atoms with Gasteiger partial charge in [-0.15, -0.1) is 11.3 Å². The van der Waals surface area contributed by atoms with Crippen molar-refractivity contribution in [2.24, 2.45) is 0 Å². The van der Waals surface area contributed by atoms with E-state index >= 15 is 0 Å². The average molecular weight is 412 g/mol. The van der Waals surface area contributed by atoms with Crippen molar-refractivity contribution in [1.29, 1.82) is 0 Å². The van der Waals surface area contributed by atoms with Crippen LogP contribution in [0.25, 0.3) is 10.6 Å². The van der Waals surface area contributed by atoms with E-state index in [1.807, 2.05) is 26.0 Å². The van der Waals surface area contributed by atoms with Crippen LogP contribution in [0.1, 0.15) is 53.1 Å². The Kier molecular flexibility index (Phi) is 5.31. The van der Waals surface area contributed by atoms with E-state index in [2.05, 4.69) is 44.2 Å². The lowest BCUT2D eigenvalue weighted by molar-refractivity contribution is 0.0935. The molecule has 1 fully saturated rings. The summed E-state index contributed by atoms with van der Waals surface area (Å²) in [6.07, 6.45) is 2.63. The molecule has 0 aromatic carbocycles. The molecule has 0 saturated carbocycles. The summed E-state index contributed by atoms with van der Waals surface area (Å²) >= 11 is 1.64. The van der Waals surface area contributed by atoms with Gasteiger partial charge in [-0.3, -0.25) is 9.89 Å². The third-order valence-electron chi connectivity index (χ3n) is 5.04. The fourth-order valence-electron chi connectivity index (χ4n) is 3.46. The Labute approximate surface area is 173 Å². The first kappa shape index (κ1) is 19.5. The summed E-state index contributed by atoms with van der Waals surface area (Å²) < 4.78 is 0. The molecular formula is C20H25N7OS. The Morgan fingerprint density at radius 1 is 1.34 bits per heavy atom. The lowest BCUT2D eigenvalue weighted by Crippen LogP contribution is -2.37. The maximum absolute atomic E-state index is 12.5. The van der Waals surface area contributed by atoms with Gasteiger partial charge >= 0.3 is 0 Å². The maximum Gasteiger partial charge on any atom is 0.272 e. The molecule has 1 saturated heterocycles. The molecule has 1 unspecified atom stereocenters. The number of carbonyl (C=O) groups excluding carboxylic acids is 1. The smallest absolute Gasteiger partial charge is 0.272 e. The SMILES string of the molecule is Cc1nc(C)c(-c2ccnc(N3CCC(NC(=O)c4cc(C(C)C)[nH]n4)C3)n2)s1. The van der Waals surface area contributed by atoms with Crippen LogP contribution in [0.3, 0.4) is 0 Å². The number of hydrogen-bond donors (Lipinski definition) is 2.